The van der Waals surface area contributed by atoms with E-state index >= 15 is 0 Å². The van der Waals surface area contributed by atoms with Gasteiger partial charge >= 0.3 is 0 Å². The van der Waals surface area contributed by atoms with E-state index in [4.69, 9.17) is 5.26 Å². The molecule has 1 unspecified atom stereocenters. The van der Waals surface area contributed by atoms with Crippen LogP contribution in [0.4, 0.5) is 5.69 Å². The van der Waals surface area contributed by atoms with Gasteiger partial charge < -0.3 is 0 Å². The Morgan fingerprint density at radius 3 is 2.47 bits per heavy atom. The van der Waals surface area contributed by atoms with Gasteiger partial charge in [0.05, 0.1) is 11.0 Å². The molecule has 0 saturated carbocycles. The third-order valence-corrected chi connectivity index (χ3v) is 3.52. The van der Waals surface area contributed by atoms with Crippen LogP contribution in [-0.4, -0.2) is 10.7 Å². The van der Waals surface area contributed by atoms with E-state index in [2.05, 4.69) is 0 Å². The lowest BCUT2D eigenvalue weighted by Crippen LogP contribution is -2.09. The van der Waals surface area contributed by atoms with Gasteiger partial charge in [-0.25, -0.2) is 0 Å². The highest BCUT2D eigenvalue weighted by atomic mass is 32.1. The maximum Gasteiger partial charge on any atom is 0.269 e. The molecule has 0 bridgehead atoms. The lowest BCUT2D eigenvalue weighted by Gasteiger charge is -2.05. The standard InChI is InChI=1S/C13H8N2O3S/c14-8-11(12-2-1-7-19-12)13(16)9-3-5-10(6-4-9)15(17)18/h1-7,11H. The van der Waals surface area contributed by atoms with Crippen molar-refractivity contribution in [1.82, 2.24) is 0 Å². The zero-order valence-electron chi connectivity index (χ0n) is 9.65. The predicted octanol–water partition coefficient (Wildman–Crippen LogP) is 3.15. The molecule has 6 heteroatoms. The normalized spacial score (nSPS) is 11.5. The van der Waals surface area contributed by atoms with Gasteiger partial charge in [0.15, 0.2) is 5.78 Å². The van der Waals surface area contributed by atoms with E-state index in [0.29, 0.717) is 10.4 Å². The molecule has 2 aromatic rings. The Morgan fingerprint density at radius 1 is 1.32 bits per heavy atom. The highest BCUT2D eigenvalue weighted by molar-refractivity contribution is 7.10. The first-order valence-electron chi connectivity index (χ1n) is 5.35. The number of carbonyl (C=O) groups is 1. The van der Waals surface area contributed by atoms with Gasteiger partial charge in [-0.15, -0.1) is 11.3 Å². The van der Waals surface area contributed by atoms with Crippen molar-refractivity contribution in [2.45, 2.75) is 5.92 Å². The van der Waals surface area contributed by atoms with Crippen molar-refractivity contribution < 1.29 is 9.72 Å². The number of non-ortho nitro benzene ring substituents is 1. The smallest absolute Gasteiger partial charge is 0.269 e. The molecule has 0 amide bonds. The first-order valence-corrected chi connectivity index (χ1v) is 6.23. The van der Waals surface area contributed by atoms with Crippen LogP contribution in [0.15, 0.2) is 41.8 Å². The van der Waals surface area contributed by atoms with Crippen LogP contribution < -0.4 is 0 Å². The molecular weight excluding hydrogens is 264 g/mol. The number of hydrogen-bond acceptors (Lipinski definition) is 5. The summed E-state index contributed by atoms with van der Waals surface area (Å²) < 4.78 is 0. The van der Waals surface area contributed by atoms with Crippen LogP contribution in [0.1, 0.15) is 21.2 Å². The van der Waals surface area contributed by atoms with Gasteiger partial charge in [0, 0.05) is 22.6 Å². The monoisotopic (exact) mass is 272 g/mol. The lowest BCUT2D eigenvalue weighted by molar-refractivity contribution is -0.384. The second-order valence-corrected chi connectivity index (χ2v) is 4.73. The maximum absolute atomic E-state index is 12.2. The molecule has 0 aliphatic carbocycles. The van der Waals surface area contributed by atoms with E-state index in [9.17, 15) is 14.9 Å². The number of carbonyl (C=O) groups excluding carboxylic acids is 1. The molecule has 2 rings (SSSR count). The van der Waals surface area contributed by atoms with Crippen LogP contribution >= 0.6 is 11.3 Å². The molecular formula is C13H8N2O3S. The summed E-state index contributed by atoms with van der Waals surface area (Å²) in [4.78, 5) is 22.8. The fraction of sp³-hybridized carbons (Fsp3) is 0.0769. The zero-order chi connectivity index (χ0) is 13.8. The Morgan fingerprint density at radius 2 is 2.00 bits per heavy atom. The molecule has 0 aliphatic rings. The van der Waals surface area contributed by atoms with Crippen molar-refractivity contribution in [3.63, 3.8) is 0 Å². The van der Waals surface area contributed by atoms with E-state index in [0.717, 1.165) is 0 Å². The Bertz CT molecular complexity index is 642. The van der Waals surface area contributed by atoms with E-state index in [1.807, 2.05) is 6.07 Å². The van der Waals surface area contributed by atoms with Crippen molar-refractivity contribution in [3.05, 3.63) is 62.3 Å². The summed E-state index contributed by atoms with van der Waals surface area (Å²) in [5, 5.41) is 21.4. The molecule has 1 heterocycles. The topological polar surface area (TPSA) is 84.0 Å². The third-order valence-electron chi connectivity index (χ3n) is 2.58. The van der Waals surface area contributed by atoms with E-state index < -0.39 is 10.8 Å². The number of Topliss-reactive ketones (excluding diaryl/α,β-unsaturated/α-hetero) is 1. The van der Waals surface area contributed by atoms with Crippen molar-refractivity contribution in [3.8, 4) is 6.07 Å². The van der Waals surface area contributed by atoms with Crippen LogP contribution in [0.2, 0.25) is 0 Å². The average Bonchev–Trinajstić information content (AvgIpc) is 2.93. The van der Waals surface area contributed by atoms with Gasteiger partial charge in [0.25, 0.3) is 5.69 Å². The summed E-state index contributed by atoms with van der Waals surface area (Å²) in [6, 6.07) is 10.7. The van der Waals surface area contributed by atoms with Gasteiger partial charge in [-0.1, -0.05) is 6.07 Å². The number of nitriles is 1. The van der Waals surface area contributed by atoms with Crippen LogP contribution in [0, 0.1) is 21.4 Å². The number of nitro benzene ring substituents is 1. The SMILES string of the molecule is N#CC(C(=O)c1ccc([N+](=O)[O-])cc1)c1cccs1. The Balaban J connectivity index is 2.28. The van der Waals surface area contributed by atoms with E-state index in [-0.39, 0.29) is 11.5 Å². The molecule has 1 aromatic heterocycles. The molecule has 19 heavy (non-hydrogen) atoms. The largest absolute Gasteiger partial charge is 0.292 e. The van der Waals surface area contributed by atoms with E-state index in [1.54, 1.807) is 17.5 Å². The molecule has 0 N–H and O–H groups in total. The second kappa shape index (κ2) is 5.42. The van der Waals surface area contributed by atoms with E-state index in [1.165, 1.54) is 35.6 Å². The van der Waals surface area contributed by atoms with Crippen LogP contribution in [0.25, 0.3) is 0 Å². The molecule has 0 fully saturated rings. The quantitative estimate of drug-likeness (QED) is 0.486. The summed E-state index contributed by atoms with van der Waals surface area (Å²) in [7, 11) is 0. The number of ketones is 1. The summed E-state index contributed by atoms with van der Waals surface area (Å²) in [5.41, 5.74) is 0.215. The number of rotatable bonds is 4. The van der Waals surface area contributed by atoms with Crippen LogP contribution in [0.3, 0.4) is 0 Å². The number of hydrogen-bond donors (Lipinski definition) is 0. The molecule has 0 spiro atoms. The fourth-order valence-electron chi connectivity index (χ4n) is 1.62. The van der Waals surface area contributed by atoms with Gasteiger partial charge in [0.1, 0.15) is 5.92 Å². The molecule has 0 aliphatic heterocycles. The minimum absolute atomic E-state index is 0.0822. The van der Waals surface area contributed by atoms with Gasteiger partial charge in [-0.2, -0.15) is 5.26 Å². The van der Waals surface area contributed by atoms with Crippen molar-refractivity contribution in [2.24, 2.45) is 0 Å². The first-order chi connectivity index (χ1) is 9.13. The summed E-state index contributed by atoms with van der Waals surface area (Å²) in [6.45, 7) is 0. The molecule has 0 radical (unpaired) electrons. The van der Waals surface area contributed by atoms with Gasteiger partial charge in [-0.05, 0) is 23.6 Å². The third kappa shape index (κ3) is 2.67. The Hall–Kier alpha value is -2.52. The lowest BCUT2D eigenvalue weighted by atomic mass is 9.97. The predicted molar refractivity (Wildman–Crippen MR) is 70.1 cm³/mol. The Labute approximate surface area is 112 Å². The van der Waals surface area contributed by atoms with Crippen molar-refractivity contribution in [1.29, 1.82) is 5.26 Å². The van der Waals surface area contributed by atoms with Crippen molar-refractivity contribution >= 4 is 22.8 Å². The molecule has 1 aromatic carbocycles. The molecule has 1 atom stereocenters. The minimum Gasteiger partial charge on any atom is -0.292 e. The van der Waals surface area contributed by atoms with Crippen molar-refractivity contribution in [2.75, 3.05) is 0 Å². The summed E-state index contributed by atoms with van der Waals surface area (Å²) in [6.07, 6.45) is 0. The second-order valence-electron chi connectivity index (χ2n) is 3.75. The molecule has 0 saturated heterocycles. The number of nitro groups is 1. The molecule has 5 nitrogen and oxygen atoms in total. The Kier molecular flexibility index (Phi) is 3.68. The number of nitrogens with zero attached hydrogens (tertiary/aromatic N) is 2. The highest BCUT2D eigenvalue weighted by Crippen LogP contribution is 2.25. The zero-order valence-corrected chi connectivity index (χ0v) is 10.5. The fourth-order valence-corrected chi connectivity index (χ4v) is 2.39. The van der Waals surface area contributed by atoms with Gasteiger partial charge in [-0.3, -0.25) is 14.9 Å². The number of thiophene rings is 1. The summed E-state index contributed by atoms with van der Waals surface area (Å²) in [5.74, 6) is -1.21. The summed E-state index contributed by atoms with van der Waals surface area (Å²) >= 11 is 1.34. The molecule has 94 valence electrons. The highest BCUT2D eigenvalue weighted by Gasteiger charge is 2.23. The first kappa shape index (κ1) is 12.9. The number of benzene rings is 1. The average molecular weight is 272 g/mol. The van der Waals surface area contributed by atoms with Crippen LogP contribution in [0.5, 0.6) is 0 Å². The minimum atomic E-state index is -0.860. The van der Waals surface area contributed by atoms with Gasteiger partial charge in [0.2, 0.25) is 0 Å². The maximum atomic E-state index is 12.2. The van der Waals surface area contributed by atoms with Crippen LogP contribution in [-0.2, 0) is 0 Å².